The minimum absolute atomic E-state index is 0.505. The van der Waals surface area contributed by atoms with Crippen molar-refractivity contribution in [1.82, 2.24) is 0 Å². The van der Waals surface area contributed by atoms with Gasteiger partial charge in [0.2, 0.25) is 0 Å². The Kier molecular flexibility index (Phi) is 6.28. The van der Waals surface area contributed by atoms with Crippen LogP contribution in [0, 0.1) is 13.8 Å². The van der Waals surface area contributed by atoms with E-state index in [0.717, 1.165) is 31.5 Å². The van der Waals surface area contributed by atoms with E-state index in [1.54, 1.807) is 0 Å². The maximum atomic E-state index is 6.09. The van der Waals surface area contributed by atoms with Gasteiger partial charge in [0.25, 0.3) is 0 Å². The molecular formula is C22H19Br2NO. The van der Waals surface area contributed by atoms with Crippen LogP contribution < -0.4 is 4.74 Å². The number of aryl methyl sites for hydroxylation is 1. The van der Waals surface area contributed by atoms with E-state index in [1.165, 1.54) is 11.1 Å². The molecule has 0 saturated heterocycles. The van der Waals surface area contributed by atoms with E-state index in [2.05, 4.69) is 68.9 Å². The van der Waals surface area contributed by atoms with Crippen molar-refractivity contribution in [2.45, 2.75) is 20.5 Å². The largest absolute Gasteiger partial charge is 0.487 e. The van der Waals surface area contributed by atoms with Crippen molar-refractivity contribution < 1.29 is 4.74 Å². The van der Waals surface area contributed by atoms with Gasteiger partial charge in [-0.05, 0) is 64.7 Å². The lowest BCUT2D eigenvalue weighted by molar-refractivity contribution is 0.304. The molecule has 0 atom stereocenters. The topological polar surface area (TPSA) is 21.6 Å². The van der Waals surface area contributed by atoms with Crippen LogP contribution in [-0.4, -0.2) is 6.21 Å². The molecule has 0 heterocycles. The number of rotatable bonds is 5. The number of halogens is 2. The fourth-order valence-corrected chi connectivity index (χ4v) is 3.95. The van der Waals surface area contributed by atoms with Gasteiger partial charge in [-0.15, -0.1) is 0 Å². The molecule has 2 nitrogen and oxygen atoms in total. The molecule has 3 aromatic rings. The molecule has 0 N–H and O–H groups in total. The predicted octanol–water partition coefficient (Wildman–Crippen LogP) is 7.16. The van der Waals surface area contributed by atoms with Gasteiger partial charge in [-0.25, -0.2) is 0 Å². The molecule has 0 aliphatic rings. The minimum Gasteiger partial charge on any atom is -0.487 e. The van der Waals surface area contributed by atoms with Gasteiger partial charge in [0.05, 0.1) is 10.2 Å². The van der Waals surface area contributed by atoms with Crippen molar-refractivity contribution in [3.8, 4) is 5.75 Å². The smallest absolute Gasteiger partial charge is 0.142 e. The normalized spacial score (nSPS) is 11.1. The average Bonchev–Trinajstić information content (AvgIpc) is 2.63. The molecule has 0 saturated carbocycles. The van der Waals surface area contributed by atoms with Crippen molar-refractivity contribution >= 4 is 43.8 Å². The first kappa shape index (κ1) is 18.9. The third-order valence-corrected chi connectivity index (χ3v) is 5.23. The van der Waals surface area contributed by atoms with E-state index in [1.807, 2.05) is 48.7 Å². The summed E-state index contributed by atoms with van der Waals surface area (Å²) in [6.07, 6.45) is 1.86. The van der Waals surface area contributed by atoms with Crippen LogP contribution in [0.15, 0.2) is 74.6 Å². The summed E-state index contributed by atoms with van der Waals surface area (Å²) in [6.45, 7) is 4.69. The minimum atomic E-state index is 0.505. The average molecular weight is 473 g/mol. The Morgan fingerprint density at radius 2 is 1.73 bits per heavy atom. The van der Waals surface area contributed by atoms with Gasteiger partial charge in [0.1, 0.15) is 12.4 Å². The molecule has 0 spiro atoms. The van der Waals surface area contributed by atoms with Crippen molar-refractivity contribution in [3.05, 3.63) is 91.9 Å². The standard InChI is InChI=1S/C22H19Br2NO/c1-15-7-6-10-21(16(15)2)25-13-18-11-19(23)12-20(24)22(18)26-14-17-8-4-3-5-9-17/h3-13H,14H2,1-2H3. The molecule has 4 heteroatoms. The zero-order valence-corrected chi connectivity index (χ0v) is 17.8. The zero-order chi connectivity index (χ0) is 18.5. The van der Waals surface area contributed by atoms with Crippen molar-refractivity contribution in [2.75, 3.05) is 0 Å². The Morgan fingerprint density at radius 1 is 0.962 bits per heavy atom. The number of ether oxygens (including phenoxy) is 1. The van der Waals surface area contributed by atoms with Crippen LogP contribution in [0.3, 0.4) is 0 Å². The fourth-order valence-electron chi connectivity index (χ4n) is 2.57. The first-order valence-electron chi connectivity index (χ1n) is 8.30. The number of aliphatic imine (C=N–C) groups is 1. The summed E-state index contributed by atoms with van der Waals surface area (Å²) in [5.41, 5.74) is 5.43. The van der Waals surface area contributed by atoms with Gasteiger partial charge >= 0.3 is 0 Å². The summed E-state index contributed by atoms with van der Waals surface area (Å²) in [7, 11) is 0. The summed E-state index contributed by atoms with van der Waals surface area (Å²) < 4.78 is 7.96. The third-order valence-electron chi connectivity index (χ3n) is 4.18. The quantitative estimate of drug-likeness (QED) is 0.361. The summed E-state index contributed by atoms with van der Waals surface area (Å²) in [5.74, 6) is 0.783. The number of hydrogen-bond donors (Lipinski definition) is 0. The molecule has 0 radical (unpaired) electrons. The molecule has 132 valence electrons. The van der Waals surface area contributed by atoms with E-state index in [0.29, 0.717) is 6.61 Å². The monoisotopic (exact) mass is 471 g/mol. The Bertz CT molecular complexity index is 936. The van der Waals surface area contributed by atoms with Crippen LogP contribution in [0.4, 0.5) is 5.69 Å². The van der Waals surface area contributed by atoms with E-state index in [-0.39, 0.29) is 0 Å². The molecule has 0 aliphatic heterocycles. The predicted molar refractivity (Wildman–Crippen MR) is 116 cm³/mol. The molecule has 0 aliphatic carbocycles. The van der Waals surface area contributed by atoms with Crippen molar-refractivity contribution in [2.24, 2.45) is 4.99 Å². The van der Waals surface area contributed by atoms with Crippen molar-refractivity contribution in [3.63, 3.8) is 0 Å². The molecule has 0 fully saturated rings. The number of benzene rings is 3. The molecule has 26 heavy (non-hydrogen) atoms. The lowest BCUT2D eigenvalue weighted by atomic mass is 10.1. The number of nitrogens with zero attached hydrogens (tertiary/aromatic N) is 1. The molecule has 3 aromatic carbocycles. The maximum absolute atomic E-state index is 6.09. The number of hydrogen-bond acceptors (Lipinski definition) is 2. The second-order valence-electron chi connectivity index (χ2n) is 6.06. The molecule has 0 amide bonds. The first-order valence-corrected chi connectivity index (χ1v) is 9.89. The SMILES string of the molecule is Cc1cccc(N=Cc2cc(Br)cc(Br)c2OCc2ccccc2)c1C. The lowest BCUT2D eigenvalue weighted by Gasteiger charge is -2.12. The summed E-state index contributed by atoms with van der Waals surface area (Å²) in [6, 6.07) is 20.3. The Labute approximate surface area is 171 Å². The highest BCUT2D eigenvalue weighted by Gasteiger charge is 2.10. The molecule has 0 bridgehead atoms. The highest BCUT2D eigenvalue weighted by atomic mass is 79.9. The maximum Gasteiger partial charge on any atom is 0.142 e. The van der Waals surface area contributed by atoms with E-state index in [9.17, 15) is 0 Å². The highest BCUT2D eigenvalue weighted by molar-refractivity contribution is 9.11. The third kappa shape index (κ3) is 4.63. The van der Waals surface area contributed by atoms with Crippen LogP contribution in [0.5, 0.6) is 5.75 Å². The second-order valence-corrected chi connectivity index (χ2v) is 7.83. The Balaban J connectivity index is 1.90. The fraction of sp³-hybridized carbons (Fsp3) is 0.136. The van der Waals surface area contributed by atoms with Crippen LogP contribution in [-0.2, 0) is 6.61 Å². The van der Waals surface area contributed by atoms with Crippen molar-refractivity contribution in [1.29, 1.82) is 0 Å². The Morgan fingerprint density at radius 3 is 2.50 bits per heavy atom. The van der Waals surface area contributed by atoms with Gasteiger partial charge in [0.15, 0.2) is 0 Å². The molecule has 0 unspecified atom stereocenters. The van der Waals surface area contributed by atoms with Gasteiger partial charge < -0.3 is 4.74 Å². The summed E-state index contributed by atoms with van der Waals surface area (Å²) >= 11 is 7.16. The van der Waals surface area contributed by atoms with Gasteiger partial charge in [0, 0.05) is 16.3 Å². The van der Waals surface area contributed by atoms with Crippen LogP contribution in [0.2, 0.25) is 0 Å². The lowest BCUT2D eigenvalue weighted by Crippen LogP contribution is -1.99. The summed E-state index contributed by atoms with van der Waals surface area (Å²) in [4.78, 5) is 4.69. The van der Waals surface area contributed by atoms with E-state index >= 15 is 0 Å². The van der Waals surface area contributed by atoms with Gasteiger partial charge in [-0.2, -0.15) is 0 Å². The zero-order valence-electron chi connectivity index (χ0n) is 14.7. The van der Waals surface area contributed by atoms with Gasteiger partial charge in [-0.3, -0.25) is 4.99 Å². The molecule has 0 aromatic heterocycles. The van der Waals surface area contributed by atoms with Gasteiger partial charge in [-0.1, -0.05) is 58.4 Å². The molecule has 3 rings (SSSR count). The van der Waals surface area contributed by atoms with Crippen LogP contribution in [0.25, 0.3) is 0 Å². The molecular weight excluding hydrogens is 454 g/mol. The first-order chi connectivity index (χ1) is 12.5. The Hall–Kier alpha value is -1.91. The van der Waals surface area contributed by atoms with E-state index in [4.69, 9.17) is 4.74 Å². The van der Waals surface area contributed by atoms with Crippen LogP contribution >= 0.6 is 31.9 Å². The van der Waals surface area contributed by atoms with Crippen LogP contribution in [0.1, 0.15) is 22.3 Å². The van der Waals surface area contributed by atoms with E-state index < -0.39 is 0 Å². The second kappa shape index (κ2) is 8.65. The summed E-state index contributed by atoms with van der Waals surface area (Å²) in [5, 5.41) is 0. The highest BCUT2D eigenvalue weighted by Crippen LogP contribution is 2.33.